The highest BCUT2D eigenvalue weighted by atomic mass is 35.5. The monoisotopic (exact) mass is 823 g/mol. The van der Waals surface area contributed by atoms with Crippen LogP contribution < -0.4 is 10.6 Å². The van der Waals surface area contributed by atoms with Gasteiger partial charge in [-0.2, -0.15) is 0 Å². The lowest BCUT2D eigenvalue weighted by Gasteiger charge is -2.56. The second kappa shape index (κ2) is 15.7. The lowest BCUT2D eigenvalue weighted by atomic mass is 9.53. The molecular formula is C47H51Cl2N3O6. The van der Waals surface area contributed by atoms with E-state index in [0.717, 1.165) is 18.4 Å². The zero-order valence-electron chi connectivity index (χ0n) is 33.1. The Morgan fingerprint density at radius 3 is 2.12 bits per heavy atom. The smallest absolute Gasteiger partial charge is 0.337 e. The molecule has 0 radical (unpaired) electrons. The number of nitrogens with one attached hydrogen (secondary N) is 2. The van der Waals surface area contributed by atoms with Gasteiger partial charge in [0.1, 0.15) is 5.41 Å². The first kappa shape index (κ1) is 40.5. The SMILES string of the molecule is COC(=O)c1cc(Cl)cc([C@H]2[C@H](C(=O)N[C@H]3CC[C@H](O)CC3)N(C(c3ccccc3)C(O)c3ccccc3)C3(CCC(C)(C)CC3)C23C(=O)Nc2cc(Cl)ccc23)c1. The number of fused-ring (bicyclic) bond motifs is 3. The fourth-order valence-electron chi connectivity index (χ4n) is 10.9. The van der Waals surface area contributed by atoms with Crippen LogP contribution in [0.15, 0.2) is 97.1 Å². The molecule has 0 aromatic heterocycles. The number of benzene rings is 4. The molecule has 2 heterocycles. The van der Waals surface area contributed by atoms with Gasteiger partial charge < -0.3 is 25.6 Å². The van der Waals surface area contributed by atoms with Crippen molar-refractivity contribution < 1.29 is 29.3 Å². The Labute approximate surface area is 350 Å². The fourth-order valence-corrected chi connectivity index (χ4v) is 11.3. The van der Waals surface area contributed by atoms with Crippen molar-refractivity contribution in [3.8, 4) is 0 Å². The van der Waals surface area contributed by atoms with E-state index in [-0.39, 0.29) is 33.9 Å². The molecule has 2 spiro atoms. The molecule has 5 atom stereocenters. The summed E-state index contributed by atoms with van der Waals surface area (Å²) in [5, 5.41) is 30.7. The highest BCUT2D eigenvalue weighted by molar-refractivity contribution is 6.31. The van der Waals surface area contributed by atoms with Crippen molar-refractivity contribution in [3.05, 3.63) is 135 Å². The number of amides is 2. The van der Waals surface area contributed by atoms with Gasteiger partial charge >= 0.3 is 5.97 Å². The minimum atomic E-state index is -1.45. The highest BCUT2D eigenvalue weighted by Gasteiger charge is 2.77. The predicted octanol–water partition coefficient (Wildman–Crippen LogP) is 8.67. The maximum atomic E-state index is 15.8. The van der Waals surface area contributed by atoms with Crippen molar-refractivity contribution in [3.63, 3.8) is 0 Å². The molecule has 4 aromatic carbocycles. The maximum Gasteiger partial charge on any atom is 0.337 e. The molecule has 8 rings (SSSR count). The minimum Gasteiger partial charge on any atom is -0.465 e. The first-order valence-electron chi connectivity index (χ1n) is 20.3. The summed E-state index contributed by atoms with van der Waals surface area (Å²) in [4.78, 5) is 47.1. The van der Waals surface area contributed by atoms with E-state index in [4.69, 9.17) is 27.9 Å². The van der Waals surface area contributed by atoms with Gasteiger partial charge in [-0.25, -0.2) is 4.79 Å². The van der Waals surface area contributed by atoms with E-state index in [1.165, 1.54) is 13.2 Å². The third kappa shape index (κ3) is 6.82. The van der Waals surface area contributed by atoms with Crippen molar-refractivity contribution in [2.75, 3.05) is 12.4 Å². The van der Waals surface area contributed by atoms with Gasteiger partial charge in [-0.05, 0) is 109 Å². The van der Waals surface area contributed by atoms with Crippen molar-refractivity contribution in [2.24, 2.45) is 5.41 Å². The Balaban J connectivity index is 1.48. The number of carbonyl (C=O) groups is 3. The Morgan fingerprint density at radius 1 is 0.845 bits per heavy atom. The quantitative estimate of drug-likeness (QED) is 0.131. The van der Waals surface area contributed by atoms with Crippen LogP contribution in [-0.2, 0) is 19.7 Å². The van der Waals surface area contributed by atoms with Crippen LogP contribution in [0.5, 0.6) is 0 Å². The lowest BCUT2D eigenvalue weighted by Crippen LogP contribution is -2.64. The summed E-state index contributed by atoms with van der Waals surface area (Å²) in [5.41, 5.74) is 0.823. The van der Waals surface area contributed by atoms with E-state index in [9.17, 15) is 15.0 Å². The summed E-state index contributed by atoms with van der Waals surface area (Å²) >= 11 is 13.6. The summed E-state index contributed by atoms with van der Waals surface area (Å²) in [6.45, 7) is 4.47. The Bertz CT molecular complexity index is 2180. The van der Waals surface area contributed by atoms with Gasteiger partial charge in [0.05, 0.1) is 37.0 Å². The molecule has 11 heteroatoms. The van der Waals surface area contributed by atoms with E-state index in [0.29, 0.717) is 65.9 Å². The molecule has 1 saturated heterocycles. The predicted molar refractivity (Wildman–Crippen MR) is 225 cm³/mol. The van der Waals surface area contributed by atoms with Gasteiger partial charge in [0.2, 0.25) is 11.8 Å². The van der Waals surface area contributed by atoms with Crippen LogP contribution in [0.1, 0.15) is 116 Å². The van der Waals surface area contributed by atoms with Crippen molar-refractivity contribution in [1.29, 1.82) is 0 Å². The molecule has 2 saturated carbocycles. The van der Waals surface area contributed by atoms with E-state index in [1.54, 1.807) is 24.3 Å². The number of aliphatic hydroxyl groups excluding tert-OH is 2. The number of hydrogen-bond acceptors (Lipinski definition) is 7. The van der Waals surface area contributed by atoms with Gasteiger partial charge in [0, 0.05) is 33.2 Å². The molecule has 0 bridgehead atoms. The average molecular weight is 825 g/mol. The summed E-state index contributed by atoms with van der Waals surface area (Å²) in [5.74, 6) is -2.12. The Morgan fingerprint density at radius 2 is 1.48 bits per heavy atom. The number of nitrogens with zero attached hydrogens (tertiary/aromatic N) is 1. The number of hydrogen-bond donors (Lipinski definition) is 4. The molecular weight excluding hydrogens is 773 g/mol. The molecule has 304 valence electrons. The van der Waals surface area contributed by atoms with E-state index < -0.39 is 47.1 Å². The molecule has 2 aliphatic heterocycles. The normalized spacial score (nSPS) is 27.1. The number of likely N-dealkylation sites (tertiary alicyclic amines) is 1. The van der Waals surface area contributed by atoms with Gasteiger partial charge in [-0.1, -0.05) is 104 Å². The van der Waals surface area contributed by atoms with Crippen LogP contribution in [0.2, 0.25) is 10.0 Å². The number of aliphatic hydroxyl groups is 2. The number of esters is 1. The van der Waals surface area contributed by atoms with E-state index >= 15 is 9.59 Å². The second-order valence-corrected chi connectivity index (χ2v) is 18.3. The molecule has 3 unspecified atom stereocenters. The number of rotatable bonds is 8. The molecule has 58 heavy (non-hydrogen) atoms. The van der Waals surface area contributed by atoms with E-state index in [1.807, 2.05) is 66.7 Å². The highest BCUT2D eigenvalue weighted by Crippen LogP contribution is 2.69. The van der Waals surface area contributed by atoms with Gasteiger partial charge in [0.15, 0.2) is 0 Å². The Hall–Kier alpha value is -4.25. The van der Waals surface area contributed by atoms with Crippen LogP contribution >= 0.6 is 23.2 Å². The van der Waals surface area contributed by atoms with Crippen molar-refractivity contribution >= 4 is 46.7 Å². The zero-order chi connectivity index (χ0) is 41.0. The summed E-state index contributed by atoms with van der Waals surface area (Å²) < 4.78 is 5.20. The maximum absolute atomic E-state index is 15.8. The minimum absolute atomic E-state index is 0.0802. The molecule has 9 nitrogen and oxygen atoms in total. The van der Waals surface area contributed by atoms with Gasteiger partial charge in [0.25, 0.3) is 0 Å². The number of ether oxygens (including phenoxy) is 1. The molecule has 4 aliphatic rings. The summed E-state index contributed by atoms with van der Waals surface area (Å²) in [6.07, 6.45) is 3.22. The summed E-state index contributed by atoms with van der Waals surface area (Å²) in [6, 6.07) is 27.5. The number of halogens is 2. The second-order valence-electron chi connectivity index (χ2n) is 17.5. The summed E-state index contributed by atoms with van der Waals surface area (Å²) in [7, 11) is 1.30. The molecule has 2 amide bonds. The van der Waals surface area contributed by atoms with Crippen molar-refractivity contribution in [1.82, 2.24) is 10.2 Å². The standard InChI is InChI=1S/C47H51Cl2N3O6/c1-45(2)20-22-46(23-21-45)47(36-19-14-32(48)27-37(36)51-44(47)57)38(30-24-31(43(56)58-3)26-33(49)25-30)40(42(55)50-34-15-17-35(53)18-16-34)52(46)39(28-10-6-4-7-11-28)41(54)29-12-8-5-9-13-29/h4-14,19,24-27,34-35,38-41,53-54H,15-18,20-23H2,1-3H3,(H,50,55)(H,51,57)/t34-,35-,38-,39?,40+,41?,47?/m0/s1. The Kier molecular flexibility index (Phi) is 11.0. The van der Waals surface area contributed by atoms with E-state index in [2.05, 4.69) is 29.4 Å². The van der Waals surface area contributed by atoms with Crippen LogP contribution in [0.4, 0.5) is 5.69 Å². The fraction of sp³-hybridized carbons (Fsp3) is 0.426. The largest absolute Gasteiger partial charge is 0.465 e. The number of anilines is 1. The molecule has 4 aromatic rings. The average Bonchev–Trinajstić information content (AvgIpc) is 3.65. The number of methoxy groups -OCH3 is 1. The molecule has 2 aliphatic carbocycles. The van der Waals surface area contributed by atoms with Crippen molar-refractivity contribution in [2.45, 2.75) is 112 Å². The van der Waals surface area contributed by atoms with Gasteiger partial charge in [-0.15, -0.1) is 0 Å². The molecule has 3 fully saturated rings. The topological polar surface area (TPSA) is 128 Å². The molecule has 4 N–H and O–H groups in total. The van der Waals surface area contributed by atoms with Crippen LogP contribution in [0.25, 0.3) is 0 Å². The zero-order valence-corrected chi connectivity index (χ0v) is 34.6. The van der Waals surface area contributed by atoms with Crippen LogP contribution in [0, 0.1) is 5.41 Å². The lowest BCUT2D eigenvalue weighted by molar-refractivity contribution is -0.137. The van der Waals surface area contributed by atoms with Crippen LogP contribution in [-0.4, -0.2) is 63.7 Å². The third-order valence-electron chi connectivity index (χ3n) is 13.6. The number of carbonyl (C=O) groups excluding carboxylic acids is 3. The van der Waals surface area contributed by atoms with Gasteiger partial charge in [-0.3, -0.25) is 14.5 Å². The third-order valence-corrected chi connectivity index (χ3v) is 14.1. The first-order valence-corrected chi connectivity index (χ1v) is 21.1. The first-order chi connectivity index (χ1) is 27.8. The van der Waals surface area contributed by atoms with Crippen LogP contribution in [0.3, 0.4) is 0 Å².